The summed E-state index contributed by atoms with van der Waals surface area (Å²) in [6, 6.07) is 16.6. The van der Waals surface area contributed by atoms with Gasteiger partial charge in [0, 0.05) is 46.9 Å². The molecule has 0 atom stereocenters. The highest BCUT2D eigenvalue weighted by atomic mass is 16.1. The molecule has 0 saturated heterocycles. The summed E-state index contributed by atoms with van der Waals surface area (Å²) in [4.78, 5) is 19.1. The summed E-state index contributed by atoms with van der Waals surface area (Å²) in [5, 5.41) is 15.8. The zero-order valence-corrected chi connectivity index (χ0v) is 19.6. The standard InChI is InChI=1S/C26H26N8O/c1-33(2)12-13-34-16-19(14-29-34)21-15-28-25(27)22-23(31-32-24(21)22)17-8-10-18(11-9-17)26(35)30-20-6-4-3-5-7-20/h3-11,14-16H,12-13H2,1-2H3,(H2,27,28)(H,30,35)(H,31,32). The first kappa shape index (κ1) is 22.3. The van der Waals surface area contributed by atoms with Gasteiger partial charge in [-0.2, -0.15) is 10.2 Å². The van der Waals surface area contributed by atoms with Crippen LogP contribution in [0.2, 0.25) is 0 Å². The average molecular weight is 467 g/mol. The fourth-order valence-corrected chi connectivity index (χ4v) is 3.91. The number of nitrogen functional groups attached to an aromatic ring is 1. The first-order valence-corrected chi connectivity index (χ1v) is 11.3. The maximum Gasteiger partial charge on any atom is 0.255 e. The number of amides is 1. The molecule has 9 nitrogen and oxygen atoms in total. The molecule has 0 aliphatic rings. The average Bonchev–Trinajstić information content (AvgIpc) is 3.52. The lowest BCUT2D eigenvalue weighted by Crippen LogP contribution is -2.18. The Balaban J connectivity index is 1.43. The number of aromatic amines is 1. The number of hydrogen-bond donors (Lipinski definition) is 3. The Morgan fingerprint density at radius 2 is 1.83 bits per heavy atom. The molecule has 0 fully saturated rings. The van der Waals surface area contributed by atoms with Crippen molar-refractivity contribution >= 4 is 28.3 Å². The molecule has 0 aliphatic carbocycles. The molecule has 35 heavy (non-hydrogen) atoms. The van der Waals surface area contributed by atoms with E-state index in [0.29, 0.717) is 17.1 Å². The van der Waals surface area contributed by atoms with Crippen LogP contribution in [0.25, 0.3) is 33.3 Å². The Hall–Kier alpha value is -4.50. The number of anilines is 2. The van der Waals surface area contributed by atoms with E-state index in [1.165, 1.54) is 0 Å². The van der Waals surface area contributed by atoms with Crippen molar-refractivity contribution < 1.29 is 4.79 Å². The third-order valence-corrected chi connectivity index (χ3v) is 5.80. The predicted molar refractivity (Wildman–Crippen MR) is 138 cm³/mol. The van der Waals surface area contributed by atoms with Crippen LogP contribution in [0.4, 0.5) is 11.5 Å². The first-order valence-electron chi connectivity index (χ1n) is 11.3. The van der Waals surface area contributed by atoms with Crippen molar-refractivity contribution in [3.63, 3.8) is 0 Å². The molecule has 9 heteroatoms. The molecule has 5 rings (SSSR count). The van der Waals surface area contributed by atoms with Gasteiger partial charge in [0.05, 0.1) is 23.6 Å². The molecule has 3 heterocycles. The van der Waals surface area contributed by atoms with E-state index in [-0.39, 0.29) is 5.91 Å². The molecular formula is C26H26N8O. The number of H-pyrrole nitrogens is 1. The van der Waals surface area contributed by atoms with Gasteiger partial charge in [-0.15, -0.1) is 0 Å². The van der Waals surface area contributed by atoms with E-state index in [0.717, 1.165) is 46.4 Å². The van der Waals surface area contributed by atoms with Gasteiger partial charge < -0.3 is 16.0 Å². The van der Waals surface area contributed by atoms with Gasteiger partial charge in [0.15, 0.2) is 0 Å². The van der Waals surface area contributed by atoms with Crippen LogP contribution in [0, 0.1) is 0 Å². The summed E-state index contributed by atoms with van der Waals surface area (Å²) >= 11 is 0. The van der Waals surface area contributed by atoms with E-state index in [2.05, 4.69) is 30.5 Å². The second-order valence-corrected chi connectivity index (χ2v) is 8.57. The number of aromatic nitrogens is 5. The van der Waals surface area contributed by atoms with E-state index in [9.17, 15) is 4.79 Å². The van der Waals surface area contributed by atoms with Crippen molar-refractivity contribution in [1.82, 2.24) is 29.9 Å². The molecule has 0 unspecified atom stereocenters. The van der Waals surface area contributed by atoms with Gasteiger partial charge in [-0.1, -0.05) is 30.3 Å². The number of pyridine rings is 1. The number of carbonyl (C=O) groups is 1. The fraction of sp³-hybridized carbons (Fsp3) is 0.154. The molecule has 0 spiro atoms. The van der Waals surface area contributed by atoms with Crippen LogP contribution in [0.15, 0.2) is 73.2 Å². The number of nitrogens with two attached hydrogens (primary N) is 1. The van der Waals surface area contributed by atoms with Crippen molar-refractivity contribution in [3.05, 3.63) is 78.8 Å². The number of likely N-dealkylation sites (N-methyl/N-ethyl adjacent to an activating group) is 1. The fourth-order valence-electron chi connectivity index (χ4n) is 3.91. The quantitative estimate of drug-likeness (QED) is 0.335. The van der Waals surface area contributed by atoms with Crippen molar-refractivity contribution in [3.8, 4) is 22.4 Å². The van der Waals surface area contributed by atoms with Gasteiger partial charge in [0.2, 0.25) is 0 Å². The topological polar surface area (TPSA) is 118 Å². The number of carbonyl (C=O) groups excluding carboxylic acids is 1. The Morgan fingerprint density at radius 1 is 1.06 bits per heavy atom. The largest absolute Gasteiger partial charge is 0.383 e. The van der Waals surface area contributed by atoms with E-state index in [4.69, 9.17) is 5.73 Å². The summed E-state index contributed by atoms with van der Waals surface area (Å²) in [6.07, 6.45) is 5.56. The number of rotatable bonds is 7. The van der Waals surface area contributed by atoms with Crippen LogP contribution in [0.5, 0.6) is 0 Å². The second kappa shape index (κ2) is 9.40. The molecular weight excluding hydrogens is 440 g/mol. The minimum absolute atomic E-state index is 0.176. The molecule has 0 aliphatic heterocycles. The van der Waals surface area contributed by atoms with Crippen LogP contribution in [-0.2, 0) is 6.54 Å². The van der Waals surface area contributed by atoms with Gasteiger partial charge in [-0.05, 0) is 38.4 Å². The lowest BCUT2D eigenvalue weighted by atomic mass is 10.0. The highest BCUT2D eigenvalue weighted by molar-refractivity contribution is 6.07. The SMILES string of the molecule is CN(C)CCn1cc(-c2cnc(N)c3c(-c4ccc(C(=O)Nc5ccccc5)cc4)n[nH]c23)cn1. The van der Waals surface area contributed by atoms with Gasteiger partial charge in [0.1, 0.15) is 11.5 Å². The summed E-state index contributed by atoms with van der Waals surface area (Å²) < 4.78 is 1.91. The highest BCUT2D eigenvalue weighted by Gasteiger charge is 2.18. The van der Waals surface area contributed by atoms with Crippen LogP contribution in [0.1, 0.15) is 10.4 Å². The Kier molecular flexibility index (Phi) is 5.99. The molecule has 0 saturated carbocycles. The molecule has 2 aromatic carbocycles. The number of nitrogens with one attached hydrogen (secondary N) is 2. The third kappa shape index (κ3) is 4.62. The molecule has 176 valence electrons. The predicted octanol–water partition coefficient (Wildman–Crippen LogP) is 3.88. The number of para-hydroxylation sites is 1. The van der Waals surface area contributed by atoms with Crippen LogP contribution in [0.3, 0.4) is 0 Å². The van der Waals surface area contributed by atoms with Crippen molar-refractivity contribution in [1.29, 1.82) is 0 Å². The summed E-state index contributed by atoms with van der Waals surface area (Å²) in [6.45, 7) is 1.68. The van der Waals surface area contributed by atoms with E-state index < -0.39 is 0 Å². The Bertz CT molecular complexity index is 1470. The maximum atomic E-state index is 12.6. The van der Waals surface area contributed by atoms with Gasteiger partial charge in [-0.3, -0.25) is 14.6 Å². The molecule has 3 aromatic heterocycles. The lowest BCUT2D eigenvalue weighted by Gasteiger charge is -2.08. The molecule has 5 aromatic rings. The molecule has 0 bridgehead atoms. The zero-order chi connectivity index (χ0) is 24.4. The van der Waals surface area contributed by atoms with Crippen LogP contribution in [-0.4, -0.2) is 56.4 Å². The van der Waals surface area contributed by atoms with Crippen LogP contribution < -0.4 is 11.1 Å². The van der Waals surface area contributed by atoms with E-state index in [1.54, 1.807) is 18.3 Å². The van der Waals surface area contributed by atoms with E-state index >= 15 is 0 Å². The molecule has 4 N–H and O–H groups in total. The second-order valence-electron chi connectivity index (χ2n) is 8.57. The van der Waals surface area contributed by atoms with Crippen molar-refractivity contribution in [2.75, 3.05) is 31.7 Å². The number of fused-ring (bicyclic) bond motifs is 1. The maximum absolute atomic E-state index is 12.6. The Morgan fingerprint density at radius 3 is 2.57 bits per heavy atom. The number of hydrogen-bond acceptors (Lipinski definition) is 6. The molecule has 0 radical (unpaired) electrons. The monoisotopic (exact) mass is 466 g/mol. The highest BCUT2D eigenvalue weighted by Crippen LogP contribution is 2.35. The smallest absolute Gasteiger partial charge is 0.255 e. The van der Waals surface area contributed by atoms with Crippen molar-refractivity contribution in [2.24, 2.45) is 0 Å². The summed E-state index contributed by atoms with van der Waals surface area (Å²) in [5.41, 5.74) is 11.7. The third-order valence-electron chi connectivity index (χ3n) is 5.80. The van der Waals surface area contributed by atoms with Crippen LogP contribution >= 0.6 is 0 Å². The first-order chi connectivity index (χ1) is 17.0. The van der Waals surface area contributed by atoms with Gasteiger partial charge >= 0.3 is 0 Å². The lowest BCUT2D eigenvalue weighted by molar-refractivity contribution is 0.102. The minimum Gasteiger partial charge on any atom is -0.383 e. The number of nitrogens with zero attached hydrogens (tertiary/aromatic N) is 5. The van der Waals surface area contributed by atoms with Gasteiger partial charge in [0.25, 0.3) is 5.91 Å². The zero-order valence-electron chi connectivity index (χ0n) is 19.6. The summed E-state index contributed by atoms with van der Waals surface area (Å²) in [5.74, 6) is 0.211. The summed E-state index contributed by atoms with van der Waals surface area (Å²) in [7, 11) is 4.07. The number of benzene rings is 2. The van der Waals surface area contributed by atoms with Crippen molar-refractivity contribution in [2.45, 2.75) is 6.54 Å². The minimum atomic E-state index is -0.176. The normalized spacial score (nSPS) is 11.3. The Labute approximate surface area is 202 Å². The molecule has 1 amide bonds. The van der Waals surface area contributed by atoms with Gasteiger partial charge in [-0.25, -0.2) is 4.98 Å². The van der Waals surface area contributed by atoms with E-state index in [1.807, 2.05) is 73.6 Å².